The van der Waals surface area contributed by atoms with Crippen LogP contribution in [0.15, 0.2) is 109 Å². The molecule has 0 spiro atoms. The molecule has 8 aliphatic rings. The molecule has 0 bridgehead atoms. The number of ether oxygens (including phenoxy) is 9. The Morgan fingerprint density at radius 2 is 0.522 bits per heavy atom. The molecular formula is C100H142N8O28. The number of rotatable bonds is 46. The Labute approximate surface area is 797 Å². The maximum Gasteiger partial charge on any atom is 0.330 e. The van der Waals surface area contributed by atoms with E-state index >= 15 is 0 Å². The number of aryl methyl sites for hydroxylation is 2. The van der Waals surface area contributed by atoms with Crippen molar-refractivity contribution in [1.82, 2.24) is 42.5 Å². The topological polar surface area (TPSA) is 504 Å². The fourth-order valence-corrected chi connectivity index (χ4v) is 13.9. The number of ketones is 2. The summed E-state index contributed by atoms with van der Waals surface area (Å²) in [5.74, 6) is -5.29. The minimum absolute atomic E-state index is 0.0275. The van der Waals surface area contributed by atoms with E-state index in [0.717, 1.165) is 114 Å². The molecule has 8 saturated heterocycles. The highest BCUT2D eigenvalue weighted by Crippen LogP contribution is 2.17. The Balaban J connectivity index is 0.000000325. The van der Waals surface area contributed by atoms with Gasteiger partial charge in [0.2, 0.25) is 47.3 Å². The predicted molar refractivity (Wildman–Crippen MR) is 499 cm³/mol. The first-order chi connectivity index (χ1) is 65.6. The number of carbonyl (C=O) groups excluding carboxylic acids is 19. The van der Waals surface area contributed by atoms with Gasteiger partial charge in [-0.3, -0.25) is 47.9 Å². The predicted octanol–water partition coefficient (Wildman–Crippen LogP) is 9.41. The highest BCUT2D eigenvalue weighted by Gasteiger charge is 2.34. The highest BCUT2D eigenvalue weighted by atomic mass is 16.6. The molecule has 0 aliphatic carbocycles. The third-order valence-electron chi connectivity index (χ3n) is 21.5. The number of amides is 8. The number of benzene rings is 3. The third kappa shape index (κ3) is 53.5. The van der Waals surface area contributed by atoms with E-state index in [-0.39, 0.29) is 102 Å². The fourth-order valence-electron chi connectivity index (χ4n) is 13.9. The molecule has 3 aromatic carbocycles. The quantitative estimate of drug-likeness (QED) is 0.00857. The molecule has 3 aromatic rings. The molecule has 8 N–H and O–H groups in total. The average Bonchev–Trinajstić information content (AvgIpc) is 1.64. The fraction of sp³-hybridized carbons (Fsp3) is 0.590. The maximum absolute atomic E-state index is 11.6. The van der Waals surface area contributed by atoms with E-state index in [9.17, 15) is 91.1 Å². The van der Waals surface area contributed by atoms with Crippen LogP contribution in [-0.4, -0.2) is 220 Å². The lowest BCUT2D eigenvalue weighted by molar-refractivity contribution is -0.142. The van der Waals surface area contributed by atoms with E-state index in [0.29, 0.717) is 143 Å². The number of hydrogen-bond donors (Lipinski definition) is 8. The Kier molecular flexibility index (Phi) is 60.5. The molecule has 0 saturated carbocycles. The molecule has 750 valence electrons. The van der Waals surface area contributed by atoms with Gasteiger partial charge in [-0.1, -0.05) is 202 Å². The molecule has 8 aliphatic heterocycles. The molecular weight excluding hydrogens is 1760 g/mol. The molecule has 0 aromatic heterocycles. The second-order valence-electron chi connectivity index (χ2n) is 33.0. The summed E-state index contributed by atoms with van der Waals surface area (Å²) in [6, 6.07) is 25.7. The average molecular weight is 1900 g/mol. The first-order valence-electron chi connectivity index (χ1n) is 48.0. The molecule has 36 nitrogen and oxygen atoms in total. The second kappa shape index (κ2) is 71.1. The Bertz CT molecular complexity index is 4200. The number of esters is 9. The number of carbonyl (C=O) groups is 19. The smallest absolute Gasteiger partial charge is 0.330 e. The summed E-state index contributed by atoms with van der Waals surface area (Å²) < 4.78 is 42.5. The number of cyclic esters (lactones) is 8. The van der Waals surface area contributed by atoms with Gasteiger partial charge in [-0.2, -0.15) is 0 Å². The number of Topliss-reactive ketones (excluding diaryl/α,β-unsaturated/α-hetero) is 2. The summed E-state index contributed by atoms with van der Waals surface area (Å²) in [5, 5.41) is 20.9. The van der Waals surface area contributed by atoms with Gasteiger partial charge in [-0.15, -0.1) is 0 Å². The molecule has 36 heteroatoms. The van der Waals surface area contributed by atoms with Crippen molar-refractivity contribution >= 4 is 119 Å². The van der Waals surface area contributed by atoms with Gasteiger partial charge in [0.1, 0.15) is 59.9 Å². The van der Waals surface area contributed by atoms with Crippen LogP contribution in [0.1, 0.15) is 276 Å². The van der Waals surface area contributed by atoms with Crippen LogP contribution >= 0.6 is 0 Å². The monoisotopic (exact) mass is 1900 g/mol. The lowest BCUT2D eigenvalue weighted by Crippen LogP contribution is -2.38. The summed E-state index contributed by atoms with van der Waals surface area (Å²) in [6.45, 7) is 13.5. The molecule has 136 heavy (non-hydrogen) atoms. The summed E-state index contributed by atoms with van der Waals surface area (Å²) in [6.07, 6.45) is 33.7. The summed E-state index contributed by atoms with van der Waals surface area (Å²) in [4.78, 5) is 214. The van der Waals surface area contributed by atoms with Crippen LogP contribution < -0.4 is 42.5 Å². The van der Waals surface area contributed by atoms with Crippen molar-refractivity contribution in [2.24, 2.45) is 0 Å². The van der Waals surface area contributed by atoms with Crippen LogP contribution in [0.25, 0.3) is 6.08 Å². The lowest BCUT2D eigenvalue weighted by Gasteiger charge is -2.08. The minimum Gasteiger partial charge on any atom is -0.464 e. The molecule has 8 amide bonds. The van der Waals surface area contributed by atoms with E-state index in [1.165, 1.54) is 55.7 Å². The SMILES string of the molecule is CCCCCC(=O)CC(=O)N[C@@H]1CCOC1=O.CCCCCCC(=O)N[C@@H]1CCOC1=O.CCCCCCCC(=O)CC(=O)N[C@@H]1CCOC1=O.CCCCCCCC(=O)N[C@@H]1CCOC1=O.CCOC(=O)/C=C/C(=O)N[C@@H]1CCOC1=O.O=C(/C=C/c1ccccc1)N[C@@H]1CCOC1=O.O=C(CCCc1ccccc1)NC1CCOC1=O.O=C(CCCc1ccccc1)N[C@@H]1CCOC1=O. The standard InChI is InChI=1S/C14H23NO4.2C14H17NO3.C13H13NO3.C12H19NO4.C12H21NO3.C11H19NO3.C10H13NO5/c1-2-3-4-5-6-7-11(16)10-13(17)15-12-8-9-19-14(12)18;2*16-13(15-12-9-10-18-14(12)17)8-4-7-11-5-2-1-3-6-11;15-12(14-11-8-9-17-13(11)16)7-6-10-4-2-1-3-5-10;1-2-3-4-5-9(14)8-11(15)13-10-6-7-17-12(10)16;1-2-3-4-5-6-7-11(14)13-10-8-9-16-12(10)15;1-2-3-4-5-6-10(13)12-9-7-8-15-11(9)14;1-2-15-9(13)4-3-8(12)11-7-5-6-16-10(7)14/h12H,2-10H2,1H3,(H,15,17);2*1-3,5-6,12H,4,7-10H2,(H,15,16);1-7,11H,8-9H2,(H,14,15);10H,2-8H2,1H3,(H,13,15);10H,2-9H2,1H3,(H,13,14);9H,2-8H2,1H3,(H,12,13);3-4,7H,2,5-6H2,1H3,(H,11,12)/b;;;7-6+;;;;4-3+/t2*12-;;11-;2*10-;9-;7-/m11.11111/s1. The van der Waals surface area contributed by atoms with Crippen LogP contribution in [0.4, 0.5) is 0 Å². The maximum atomic E-state index is 11.6. The molecule has 11 rings (SSSR count). The van der Waals surface area contributed by atoms with Gasteiger partial charge in [-0.05, 0) is 81.1 Å². The Hall–Kier alpha value is -12.5. The number of nitrogens with one attached hydrogen (secondary N) is 8. The van der Waals surface area contributed by atoms with Gasteiger partial charge in [0.15, 0.2) is 0 Å². The van der Waals surface area contributed by atoms with Gasteiger partial charge in [0, 0.05) is 108 Å². The van der Waals surface area contributed by atoms with Gasteiger partial charge in [-0.25, -0.2) is 43.2 Å². The van der Waals surface area contributed by atoms with Gasteiger partial charge in [0.25, 0.3) is 0 Å². The van der Waals surface area contributed by atoms with Crippen LogP contribution in [0, 0.1) is 0 Å². The van der Waals surface area contributed by atoms with Crippen LogP contribution in [0.2, 0.25) is 0 Å². The third-order valence-corrected chi connectivity index (χ3v) is 21.5. The van der Waals surface area contributed by atoms with Crippen molar-refractivity contribution in [3.63, 3.8) is 0 Å². The minimum atomic E-state index is -0.612. The van der Waals surface area contributed by atoms with Crippen LogP contribution in [0.5, 0.6) is 0 Å². The van der Waals surface area contributed by atoms with E-state index in [1.54, 1.807) is 13.0 Å². The molecule has 1 unspecified atom stereocenters. The number of hydrogen-bond acceptors (Lipinski definition) is 28. The van der Waals surface area contributed by atoms with Gasteiger partial charge in [0.05, 0.1) is 72.3 Å². The van der Waals surface area contributed by atoms with E-state index < -0.39 is 78.1 Å². The zero-order valence-corrected chi connectivity index (χ0v) is 79.5. The lowest BCUT2D eigenvalue weighted by atomic mass is 10.1. The zero-order valence-electron chi connectivity index (χ0n) is 79.5. The molecule has 8 atom stereocenters. The molecule has 8 fully saturated rings. The second-order valence-corrected chi connectivity index (χ2v) is 33.0. The van der Waals surface area contributed by atoms with Crippen molar-refractivity contribution in [2.45, 2.75) is 321 Å². The largest absolute Gasteiger partial charge is 0.464 e. The zero-order chi connectivity index (χ0) is 99.3. The van der Waals surface area contributed by atoms with Crippen LogP contribution in [-0.2, 0) is 147 Å². The first kappa shape index (κ1) is 116. The summed E-state index contributed by atoms with van der Waals surface area (Å²) in [7, 11) is 0. The van der Waals surface area contributed by atoms with Gasteiger partial charge >= 0.3 is 53.7 Å². The Morgan fingerprint density at radius 3 is 0.809 bits per heavy atom. The normalized spacial score (nSPS) is 19.0. The molecule has 0 radical (unpaired) electrons. The van der Waals surface area contributed by atoms with E-state index in [4.69, 9.17) is 33.2 Å². The first-order valence-corrected chi connectivity index (χ1v) is 48.0. The van der Waals surface area contributed by atoms with Crippen molar-refractivity contribution in [3.8, 4) is 0 Å². The summed E-state index contributed by atoms with van der Waals surface area (Å²) in [5.41, 5.74) is 3.40. The van der Waals surface area contributed by atoms with Crippen molar-refractivity contribution in [3.05, 3.63) is 126 Å². The van der Waals surface area contributed by atoms with Crippen molar-refractivity contribution in [2.75, 3.05) is 59.5 Å². The van der Waals surface area contributed by atoms with Crippen molar-refractivity contribution in [1.29, 1.82) is 0 Å². The Morgan fingerprint density at radius 1 is 0.279 bits per heavy atom. The van der Waals surface area contributed by atoms with Crippen molar-refractivity contribution < 1.29 is 134 Å². The number of unbranched alkanes of at least 4 members (excludes halogenated alkanes) is 13. The van der Waals surface area contributed by atoms with Crippen LogP contribution in [0.3, 0.4) is 0 Å². The highest BCUT2D eigenvalue weighted by molar-refractivity contribution is 6.01. The van der Waals surface area contributed by atoms with E-state index in [2.05, 4.69) is 79.7 Å². The molecule has 8 heterocycles. The van der Waals surface area contributed by atoms with Gasteiger partial charge < -0.3 is 85.2 Å². The summed E-state index contributed by atoms with van der Waals surface area (Å²) >= 11 is 0. The van der Waals surface area contributed by atoms with E-state index in [1.807, 2.05) is 91.0 Å².